The molecule has 0 unspecified atom stereocenters. The van der Waals surface area contributed by atoms with Crippen molar-refractivity contribution in [3.63, 3.8) is 0 Å². The fraction of sp³-hybridized carbons (Fsp3) is 0.214. The van der Waals surface area contributed by atoms with Crippen LogP contribution in [0.5, 0.6) is 5.75 Å². The molecular weight excluding hydrogens is 430 g/mol. The summed E-state index contributed by atoms with van der Waals surface area (Å²) in [7, 11) is 0. The molecule has 0 bridgehead atoms. The Balaban J connectivity index is 1.42. The van der Waals surface area contributed by atoms with Crippen molar-refractivity contribution < 1.29 is 14.3 Å². The van der Waals surface area contributed by atoms with Gasteiger partial charge in [-0.1, -0.05) is 42.0 Å². The second-order valence-corrected chi connectivity index (χ2v) is 9.15. The maximum absolute atomic E-state index is 13.3. The van der Waals surface area contributed by atoms with Gasteiger partial charge in [0, 0.05) is 10.3 Å². The molecule has 4 nitrogen and oxygen atoms in total. The molecule has 33 heavy (non-hydrogen) atoms. The van der Waals surface area contributed by atoms with Crippen molar-refractivity contribution in [1.29, 1.82) is 0 Å². The Morgan fingerprint density at radius 3 is 2.70 bits per heavy atom. The van der Waals surface area contributed by atoms with Crippen LogP contribution in [-0.2, 0) is 11.2 Å². The Bertz CT molecular complexity index is 1310. The number of carbonyl (C=O) groups excluding carboxylic acids is 1. The predicted molar refractivity (Wildman–Crippen MR) is 134 cm³/mol. The van der Waals surface area contributed by atoms with Crippen LogP contribution < -0.4 is 4.74 Å². The summed E-state index contributed by atoms with van der Waals surface area (Å²) in [6, 6.07) is 19.8. The van der Waals surface area contributed by atoms with Gasteiger partial charge < -0.3 is 9.47 Å². The Hall–Kier alpha value is -3.44. The van der Waals surface area contributed by atoms with E-state index in [1.165, 1.54) is 16.0 Å². The lowest BCUT2D eigenvalue weighted by molar-refractivity contribution is 0.0451. The molecule has 0 atom stereocenters. The van der Waals surface area contributed by atoms with Crippen LogP contribution in [0, 0.1) is 6.92 Å². The third-order valence-corrected chi connectivity index (χ3v) is 6.66. The van der Waals surface area contributed by atoms with Crippen LogP contribution in [0.25, 0.3) is 22.6 Å². The van der Waals surface area contributed by atoms with E-state index in [0.29, 0.717) is 12.2 Å². The van der Waals surface area contributed by atoms with E-state index in [-0.39, 0.29) is 12.6 Å². The van der Waals surface area contributed by atoms with Crippen molar-refractivity contribution in [2.24, 2.45) is 0 Å². The number of hydrogen-bond acceptors (Lipinski definition) is 5. The van der Waals surface area contributed by atoms with Crippen LogP contribution in [-0.4, -0.2) is 24.2 Å². The normalized spacial score (nSPS) is 14.3. The second kappa shape index (κ2) is 9.59. The van der Waals surface area contributed by atoms with Gasteiger partial charge in [0.25, 0.3) is 0 Å². The number of rotatable bonds is 6. The number of pyridine rings is 1. The molecule has 2 aromatic carbocycles. The summed E-state index contributed by atoms with van der Waals surface area (Å²) >= 11 is 1.71. The van der Waals surface area contributed by atoms with Crippen molar-refractivity contribution in [1.82, 2.24) is 4.98 Å². The maximum Gasteiger partial charge on any atom is 0.339 e. The first-order valence-corrected chi connectivity index (χ1v) is 12.1. The molecule has 5 heteroatoms. The molecule has 0 N–H and O–H groups in total. The lowest BCUT2D eigenvalue weighted by Gasteiger charge is -2.22. The molecule has 0 spiro atoms. The summed E-state index contributed by atoms with van der Waals surface area (Å²) in [6.07, 6.45) is 4.96. The molecule has 0 saturated carbocycles. The van der Waals surface area contributed by atoms with Crippen molar-refractivity contribution in [3.05, 3.63) is 93.3 Å². The monoisotopic (exact) mass is 455 g/mol. The van der Waals surface area contributed by atoms with E-state index < -0.39 is 0 Å². The van der Waals surface area contributed by atoms with E-state index >= 15 is 0 Å². The fourth-order valence-electron chi connectivity index (χ4n) is 4.25. The molecule has 2 heterocycles. The van der Waals surface area contributed by atoms with Gasteiger partial charge in [-0.2, -0.15) is 0 Å². The quantitative estimate of drug-likeness (QED) is 0.239. The van der Waals surface area contributed by atoms with Gasteiger partial charge in [0.1, 0.15) is 19.0 Å². The highest BCUT2D eigenvalue weighted by Gasteiger charge is 2.26. The molecule has 0 amide bonds. The van der Waals surface area contributed by atoms with E-state index in [4.69, 9.17) is 14.5 Å². The number of benzene rings is 2. The number of fused-ring (bicyclic) bond motifs is 2. The largest absolute Gasteiger partial charge is 0.490 e. The van der Waals surface area contributed by atoms with Crippen LogP contribution in [0.4, 0.5) is 0 Å². The van der Waals surface area contributed by atoms with E-state index in [9.17, 15) is 4.79 Å². The molecular formula is C28H25NO3S. The minimum atomic E-state index is -0.310. The molecule has 1 aliphatic rings. The van der Waals surface area contributed by atoms with Gasteiger partial charge in [0.05, 0.1) is 16.8 Å². The minimum absolute atomic E-state index is 0.191. The summed E-state index contributed by atoms with van der Waals surface area (Å²) in [5, 5.41) is 2.92. The topological polar surface area (TPSA) is 48.4 Å². The molecule has 1 aliphatic carbocycles. The molecule has 2 aromatic heterocycles. The highest BCUT2D eigenvalue weighted by atomic mass is 32.1. The highest BCUT2D eigenvalue weighted by Crippen LogP contribution is 2.36. The van der Waals surface area contributed by atoms with E-state index in [2.05, 4.69) is 23.6 Å². The standard InChI is InChI=1S/C28H25NO3S/c1-19-11-13-21(14-12-19)31-15-16-32-28(30)26-23-8-2-3-10-25(23)29-27-20(6-4-9-24(26)27)18-22-7-5-17-33-22/h2-3,5,7-8,10-14,17-18H,4,6,9,15-16H2,1H3. The van der Waals surface area contributed by atoms with Gasteiger partial charge in [-0.3, -0.25) is 0 Å². The number of hydrogen-bond donors (Lipinski definition) is 0. The third kappa shape index (κ3) is 4.69. The minimum Gasteiger partial charge on any atom is -0.490 e. The van der Waals surface area contributed by atoms with Gasteiger partial charge in [-0.05, 0) is 73.0 Å². The number of thiophene rings is 1. The second-order valence-electron chi connectivity index (χ2n) is 8.17. The molecule has 5 rings (SSSR count). The zero-order chi connectivity index (χ0) is 22.6. The summed E-state index contributed by atoms with van der Waals surface area (Å²) < 4.78 is 11.4. The van der Waals surface area contributed by atoms with Crippen LogP contribution in [0.2, 0.25) is 0 Å². The van der Waals surface area contributed by atoms with Crippen LogP contribution in [0.15, 0.2) is 66.0 Å². The Morgan fingerprint density at radius 2 is 1.88 bits per heavy atom. The zero-order valence-corrected chi connectivity index (χ0v) is 19.4. The summed E-state index contributed by atoms with van der Waals surface area (Å²) in [6.45, 7) is 2.53. The van der Waals surface area contributed by atoms with Crippen LogP contribution in [0.3, 0.4) is 0 Å². The lowest BCUT2D eigenvalue weighted by atomic mass is 9.86. The summed E-state index contributed by atoms with van der Waals surface area (Å²) in [5.74, 6) is 0.460. The van der Waals surface area contributed by atoms with Crippen LogP contribution >= 0.6 is 11.3 Å². The Morgan fingerprint density at radius 1 is 1.03 bits per heavy atom. The molecule has 166 valence electrons. The lowest BCUT2D eigenvalue weighted by Crippen LogP contribution is -2.17. The smallest absolute Gasteiger partial charge is 0.339 e. The average Bonchev–Trinajstić information content (AvgIpc) is 3.35. The van der Waals surface area contributed by atoms with E-state index in [1.807, 2.05) is 55.5 Å². The summed E-state index contributed by atoms with van der Waals surface area (Å²) in [4.78, 5) is 19.5. The molecule has 0 saturated heterocycles. The average molecular weight is 456 g/mol. The van der Waals surface area contributed by atoms with Gasteiger partial charge in [-0.25, -0.2) is 9.78 Å². The highest BCUT2D eigenvalue weighted by molar-refractivity contribution is 7.10. The number of ether oxygens (including phenoxy) is 2. The molecule has 0 fully saturated rings. The SMILES string of the molecule is Cc1ccc(OCCOC(=O)c2c3c(nc4ccccc24)C(=Cc2cccs2)CCC3)cc1. The van der Waals surface area contributed by atoms with Gasteiger partial charge in [-0.15, -0.1) is 11.3 Å². The zero-order valence-electron chi connectivity index (χ0n) is 18.5. The number of carbonyl (C=O) groups is 1. The van der Waals surface area contributed by atoms with Crippen molar-refractivity contribution in [2.75, 3.05) is 13.2 Å². The predicted octanol–water partition coefficient (Wildman–Crippen LogP) is 6.72. The number of allylic oxidation sites excluding steroid dienone is 1. The first kappa shape index (κ1) is 21.4. The van der Waals surface area contributed by atoms with E-state index in [0.717, 1.165) is 47.2 Å². The maximum atomic E-state index is 13.3. The molecule has 0 aliphatic heterocycles. The third-order valence-electron chi connectivity index (χ3n) is 5.84. The van der Waals surface area contributed by atoms with Crippen molar-refractivity contribution in [2.45, 2.75) is 26.2 Å². The molecule has 4 aromatic rings. The Labute approximate surface area is 197 Å². The number of esters is 1. The Kier molecular flexibility index (Phi) is 6.22. The van der Waals surface area contributed by atoms with Gasteiger partial charge >= 0.3 is 5.97 Å². The number of aromatic nitrogens is 1. The number of aryl methyl sites for hydroxylation is 1. The summed E-state index contributed by atoms with van der Waals surface area (Å²) in [5.41, 5.74) is 5.74. The van der Waals surface area contributed by atoms with Gasteiger partial charge in [0.2, 0.25) is 0 Å². The fourth-order valence-corrected chi connectivity index (χ4v) is 4.94. The molecule has 0 radical (unpaired) electrons. The first-order chi connectivity index (χ1) is 16.2. The number of para-hydroxylation sites is 1. The van der Waals surface area contributed by atoms with Crippen molar-refractivity contribution in [3.8, 4) is 5.75 Å². The van der Waals surface area contributed by atoms with Crippen molar-refractivity contribution >= 4 is 39.9 Å². The van der Waals surface area contributed by atoms with E-state index in [1.54, 1.807) is 11.3 Å². The van der Waals surface area contributed by atoms with Crippen LogP contribution in [0.1, 0.15) is 44.9 Å². The van der Waals surface area contributed by atoms with Gasteiger partial charge in [0.15, 0.2) is 0 Å². The number of nitrogens with zero attached hydrogens (tertiary/aromatic N) is 1. The first-order valence-electron chi connectivity index (χ1n) is 11.2.